The first-order valence-corrected chi connectivity index (χ1v) is 27.1. The van der Waals surface area contributed by atoms with Gasteiger partial charge in [-0.15, -0.1) is 5.10 Å². The predicted octanol–water partition coefficient (Wildman–Crippen LogP) is 4.50. The van der Waals surface area contributed by atoms with E-state index >= 15 is 0 Å². The predicted molar refractivity (Wildman–Crippen MR) is 291 cm³/mol. The maximum Gasteiger partial charge on any atom is 0.303 e. The molecule has 430 valence electrons. The number of ether oxygens (including phenoxy) is 7. The number of benzene rings is 4. The number of nitrogens with zero attached hydrogens (tertiary/aromatic N) is 6. The van der Waals surface area contributed by atoms with E-state index in [1.54, 1.807) is 54.7 Å². The summed E-state index contributed by atoms with van der Waals surface area (Å²) >= 11 is 3.48. The molecule has 28 heteroatoms. The number of aromatic nitrogens is 3. The zero-order chi connectivity index (χ0) is 58.1. The Balaban J connectivity index is 1.09. The van der Waals surface area contributed by atoms with Crippen molar-refractivity contribution in [2.45, 2.75) is 93.9 Å². The summed E-state index contributed by atoms with van der Waals surface area (Å²) in [6.07, 6.45) is -5.87. The van der Waals surface area contributed by atoms with Gasteiger partial charge in [0.2, 0.25) is 11.8 Å². The molecule has 7 atom stereocenters. The van der Waals surface area contributed by atoms with Crippen LogP contribution in [0.2, 0.25) is 0 Å². The molecule has 1 aromatic heterocycles. The number of carbonyl (C=O) groups excluding carboxylic acids is 6. The van der Waals surface area contributed by atoms with Gasteiger partial charge in [0.05, 0.1) is 50.5 Å². The standard InChI is InChI=1S/C52H63BrN10O16S/c1-31(64)57-45-47(77-34(4)67)46(76-33(3)66)43(30-75-32(2)65)78-49(45)79-51(52(5,53)50(69)55-23-22-54-42-12-8-11-41-40(42)10-9-13-44(41)80(70,71)72)74-27-26-73-25-24-63-29-38(60-61-63)28-56-48(68)35-14-16-36(17-15-35)58-59-37-18-20-39(21-19-37)62(6)7/h8-21,29,43,45-47,49,51,54H,22-28,30H2,1-7H3,(H,55,69)(H,56,68)(H,57,64)(H,70,71,72)/b59-58+/t43-,45-,46-,47-,49+,51?,52?/m1/s1. The van der Waals surface area contributed by atoms with Crippen molar-refractivity contribution in [3.8, 4) is 0 Å². The third-order valence-corrected chi connectivity index (χ3v) is 13.5. The normalized spacial score (nSPS) is 18.3. The summed E-state index contributed by atoms with van der Waals surface area (Å²) in [6.45, 7) is 5.67. The molecule has 5 N–H and O–H groups in total. The molecule has 1 fully saturated rings. The number of nitrogens with one attached hydrogen (secondary N) is 4. The SMILES string of the molecule is CC(=O)N[C@H]1[C@H](OC(OCCOCCn2cc(CNC(=O)c3ccc(/N=N/c4ccc(N(C)C)cc4)cc3)nn2)C(C)(Br)C(=O)NCCNc2cccc3c(S(=O)(=O)O)cccc23)O[C@H](COC(C)=O)[C@@H](OC(C)=O)[C@@H]1OC(C)=O. The van der Waals surface area contributed by atoms with Crippen LogP contribution in [0.5, 0.6) is 0 Å². The van der Waals surface area contributed by atoms with Gasteiger partial charge in [-0.25, -0.2) is 4.68 Å². The van der Waals surface area contributed by atoms with Crippen LogP contribution in [0.3, 0.4) is 0 Å². The fraction of sp³-hybridized carbons (Fsp3) is 0.423. The molecule has 6 rings (SSSR count). The van der Waals surface area contributed by atoms with Crippen molar-refractivity contribution in [3.63, 3.8) is 0 Å². The van der Waals surface area contributed by atoms with Crippen LogP contribution in [0.15, 0.2) is 106 Å². The van der Waals surface area contributed by atoms with Crippen LogP contribution in [0.4, 0.5) is 22.7 Å². The second-order valence-electron chi connectivity index (χ2n) is 18.4. The molecule has 2 unspecified atom stereocenters. The second-order valence-corrected chi connectivity index (χ2v) is 21.4. The van der Waals surface area contributed by atoms with Gasteiger partial charge in [-0.2, -0.15) is 18.6 Å². The van der Waals surface area contributed by atoms with Gasteiger partial charge in [-0.3, -0.25) is 33.3 Å². The second kappa shape index (κ2) is 28.6. The number of fused-ring (bicyclic) bond motifs is 1. The first kappa shape index (κ1) is 61.7. The Morgan fingerprint density at radius 2 is 1.48 bits per heavy atom. The van der Waals surface area contributed by atoms with E-state index in [2.05, 4.69) is 57.7 Å². The van der Waals surface area contributed by atoms with E-state index in [0.29, 0.717) is 33.7 Å². The molecular weight excluding hydrogens is 1130 g/mol. The zero-order valence-corrected chi connectivity index (χ0v) is 47.2. The Hall–Kier alpha value is -7.47. The van der Waals surface area contributed by atoms with Crippen molar-refractivity contribution in [2.24, 2.45) is 10.2 Å². The van der Waals surface area contributed by atoms with Crippen molar-refractivity contribution in [2.75, 3.05) is 63.8 Å². The smallest absolute Gasteiger partial charge is 0.303 e. The lowest BCUT2D eigenvalue weighted by Gasteiger charge is -2.46. The van der Waals surface area contributed by atoms with E-state index in [-0.39, 0.29) is 62.2 Å². The molecule has 2 heterocycles. The molecule has 5 aromatic rings. The average molecular weight is 1200 g/mol. The third kappa shape index (κ3) is 17.8. The number of alkyl halides is 1. The third-order valence-electron chi connectivity index (χ3n) is 11.9. The molecule has 26 nitrogen and oxygen atoms in total. The highest BCUT2D eigenvalue weighted by atomic mass is 79.9. The van der Waals surface area contributed by atoms with Gasteiger partial charge in [0.15, 0.2) is 29.1 Å². The number of anilines is 2. The molecule has 1 aliphatic heterocycles. The minimum Gasteiger partial charge on any atom is -0.463 e. The molecule has 80 heavy (non-hydrogen) atoms. The summed E-state index contributed by atoms with van der Waals surface area (Å²) in [4.78, 5) is 78.4. The van der Waals surface area contributed by atoms with Gasteiger partial charge >= 0.3 is 17.9 Å². The van der Waals surface area contributed by atoms with Gasteiger partial charge in [0.1, 0.15) is 29.3 Å². The molecular formula is C52H63BrN10O16S. The van der Waals surface area contributed by atoms with Gasteiger partial charge in [0.25, 0.3) is 16.0 Å². The zero-order valence-electron chi connectivity index (χ0n) is 44.8. The number of hydrogen-bond donors (Lipinski definition) is 5. The van der Waals surface area contributed by atoms with Crippen LogP contribution in [0.25, 0.3) is 10.8 Å². The molecule has 0 saturated carbocycles. The summed E-state index contributed by atoms with van der Waals surface area (Å²) in [5, 5.41) is 28.9. The first-order valence-electron chi connectivity index (χ1n) is 24.9. The Morgan fingerprint density at radius 3 is 2.11 bits per heavy atom. The quantitative estimate of drug-likeness (QED) is 0.00919. The number of amides is 3. The molecule has 0 bridgehead atoms. The highest BCUT2D eigenvalue weighted by molar-refractivity contribution is 9.10. The number of esters is 3. The number of azo groups is 1. The first-order chi connectivity index (χ1) is 38.0. The fourth-order valence-electron chi connectivity index (χ4n) is 8.05. The molecule has 0 radical (unpaired) electrons. The fourth-order valence-corrected chi connectivity index (χ4v) is 9.14. The summed E-state index contributed by atoms with van der Waals surface area (Å²) in [5.74, 6) is -4.03. The maximum atomic E-state index is 14.1. The van der Waals surface area contributed by atoms with Crippen molar-refractivity contribution < 1.29 is 74.9 Å². The molecule has 1 aliphatic rings. The van der Waals surface area contributed by atoms with E-state index in [4.69, 9.17) is 33.2 Å². The monoisotopic (exact) mass is 1190 g/mol. The van der Waals surface area contributed by atoms with Crippen LogP contribution in [0, 0.1) is 0 Å². The molecule has 4 aromatic carbocycles. The van der Waals surface area contributed by atoms with Gasteiger partial charge in [-0.1, -0.05) is 45.4 Å². The van der Waals surface area contributed by atoms with Gasteiger partial charge < -0.3 is 59.3 Å². The van der Waals surface area contributed by atoms with Crippen LogP contribution in [-0.2, 0) is 80.3 Å². The minimum atomic E-state index is -4.53. The largest absolute Gasteiger partial charge is 0.463 e. The lowest BCUT2D eigenvalue weighted by atomic mass is 9.96. The summed E-state index contributed by atoms with van der Waals surface area (Å²) in [7, 11) is -0.627. The maximum absolute atomic E-state index is 14.1. The Bertz CT molecular complexity index is 3110. The number of halogens is 1. The Morgan fingerprint density at radius 1 is 0.825 bits per heavy atom. The Kier molecular flexibility index (Phi) is 22.1. The van der Waals surface area contributed by atoms with Crippen LogP contribution >= 0.6 is 15.9 Å². The molecule has 3 amide bonds. The lowest BCUT2D eigenvalue weighted by molar-refractivity contribution is -0.319. The number of rotatable bonds is 27. The molecule has 1 saturated heterocycles. The minimum absolute atomic E-state index is 0.00552. The van der Waals surface area contributed by atoms with Crippen molar-refractivity contribution >= 4 is 95.2 Å². The van der Waals surface area contributed by atoms with E-state index in [1.165, 1.54) is 30.7 Å². The van der Waals surface area contributed by atoms with Gasteiger partial charge in [-0.05, 0) is 67.6 Å². The van der Waals surface area contributed by atoms with Crippen molar-refractivity contribution in [1.82, 2.24) is 30.9 Å². The van der Waals surface area contributed by atoms with Crippen molar-refractivity contribution in [3.05, 3.63) is 102 Å². The van der Waals surface area contributed by atoms with Crippen molar-refractivity contribution in [1.29, 1.82) is 0 Å². The van der Waals surface area contributed by atoms with E-state index < -0.39 is 87.7 Å². The van der Waals surface area contributed by atoms with Crippen LogP contribution in [0.1, 0.15) is 50.7 Å². The number of hydrogen-bond acceptors (Lipinski definition) is 21. The topological polar surface area (TPSA) is 328 Å². The van der Waals surface area contributed by atoms with Crippen LogP contribution < -0.4 is 26.2 Å². The van der Waals surface area contributed by atoms with Gasteiger partial charge in [0, 0.05) is 82.6 Å². The Labute approximate surface area is 469 Å². The molecule has 0 aliphatic carbocycles. The van der Waals surface area contributed by atoms with Crippen LogP contribution in [-0.4, -0.2) is 158 Å². The van der Waals surface area contributed by atoms with E-state index in [9.17, 15) is 41.7 Å². The molecule has 0 spiro atoms. The highest BCUT2D eigenvalue weighted by Crippen LogP contribution is 2.34. The highest BCUT2D eigenvalue weighted by Gasteiger charge is 2.54. The lowest BCUT2D eigenvalue weighted by Crippen LogP contribution is -2.67. The van der Waals surface area contributed by atoms with E-state index in [0.717, 1.165) is 26.5 Å². The summed E-state index contributed by atoms with van der Waals surface area (Å²) < 4.78 is 74.6. The summed E-state index contributed by atoms with van der Waals surface area (Å²) in [5.41, 5.74) is 3.70. The number of carbonyl (C=O) groups is 6. The average Bonchev–Trinajstić information content (AvgIpc) is 3.98. The van der Waals surface area contributed by atoms with E-state index in [1.807, 2.05) is 43.3 Å². The summed E-state index contributed by atoms with van der Waals surface area (Å²) in [6, 6.07) is 22.1.